The number of carbonyl (C=O) groups is 1. The van der Waals surface area contributed by atoms with Crippen molar-refractivity contribution in [3.05, 3.63) is 80.1 Å². The Balaban J connectivity index is 1.22. The number of nitrogens with one attached hydrogen (secondary N) is 2. The third-order valence-corrected chi connectivity index (χ3v) is 7.56. The van der Waals surface area contributed by atoms with E-state index >= 15 is 0 Å². The van der Waals surface area contributed by atoms with E-state index in [1.165, 1.54) is 5.69 Å². The van der Waals surface area contributed by atoms with Gasteiger partial charge in [-0.15, -0.1) is 22.7 Å². The van der Waals surface area contributed by atoms with E-state index < -0.39 is 0 Å². The van der Waals surface area contributed by atoms with E-state index in [1.807, 2.05) is 47.4 Å². The Morgan fingerprint density at radius 3 is 2.84 bits per heavy atom. The Hall–Kier alpha value is -2.81. The molecule has 1 aliphatic rings. The van der Waals surface area contributed by atoms with Gasteiger partial charge in [0, 0.05) is 46.7 Å². The van der Waals surface area contributed by atoms with Crippen LogP contribution >= 0.6 is 22.7 Å². The molecule has 0 spiro atoms. The lowest BCUT2D eigenvalue weighted by Gasteiger charge is -2.23. The van der Waals surface area contributed by atoms with Gasteiger partial charge in [0.1, 0.15) is 5.01 Å². The molecule has 0 saturated heterocycles. The number of hydrogen-bond donors (Lipinski definition) is 2. The van der Waals surface area contributed by atoms with Crippen LogP contribution in [0, 0.1) is 0 Å². The summed E-state index contributed by atoms with van der Waals surface area (Å²) in [7, 11) is 1.93. The molecule has 5 rings (SSSR count). The first-order valence-corrected chi connectivity index (χ1v) is 12.5. The molecule has 1 atom stereocenters. The Labute approximate surface area is 195 Å². The number of nitrogens with zero attached hydrogens (tertiary/aromatic N) is 3. The van der Waals surface area contributed by atoms with Gasteiger partial charge in [0.2, 0.25) is 0 Å². The monoisotopic (exact) mass is 463 g/mol. The molecule has 3 heterocycles. The van der Waals surface area contributed by atoms with Crippen molar-refractivity contribution in [3.63, 3.8) is 0 Å². The predicted molar refractivity (Wildman–Crippen MR) is 129 cm³/mol. The first-order valence-electron chi connectivity index (χ1n) is 10.8. The van der Waals surface area contributed by atoms with Gasteiger partial charge in [-0.2, -0.15) is 5.10 Å². The summed E-state index contributed by atoms with van der Waals surface area (Å²) in [5.74, 6) is -0.0941. The van der Waals surface area contributed by atoms with Gasteiger partial charge in [-0.3, -0.25) is 9.48 Å². The molecule has 8 heteroatoms. The summed E-state index contributed by atoms with van der Waals surface area (Å²) >= 11 is 3.33. The normalized spacial score (nSPS) is 15.5. The first kappa shape index (κ1) is 21.1. The first-order chi connectivity index (χ1) is 15.7. The fourth-order valence-corrected chi connectivity index (χ4v) is 5.57. The topological polar surface area (TPSA) is 71.8 Å². The summed E-state index contributed by atoms with van der Waals surface area (Å²) < 4.78 is 1.87. The number of benzene rings is 1. The summed E-state index contributed by atoms with van der Waals surface area (Å²) in [5, 5.41) is 16.4. The molecular formula is C24H25N5OS2. The second-order valence-corrected chi connectivity index (χ2v) is 9.95. The van der Waals surface area contributed by atoms with E-state index in [9.17, 15) is 4.79 Å². The molecule has 2 N–H and O–H groups in total. The largest absolute Gasteiger partial charge is 0.346 e. The van der Waals surface area contributed by atoms with Crippen molar-refractivity contribution >= 4 is 28.6 Å². The second-order valence-electron chi connectivity index (χ2n) is 7.97. The Morgan fingerprint density at radius 2 is 2.03 bits per heavy atom. The number of fused-ring (bicyclic) bond motifs is 1. The Bertz CT molecular complexity index is 1200. The predicted octanol–water partition coefficient (Wildman–Crippen LogP) is 4.18. The van der Waals surface area contributed by atoms with Gasteiger partial charge in [-0.05, 0) is 30.7 Å². The fraction of sp³-hybridized carbons (Fsp3) is 0.292. The molecule has 4 aromatic rings. The van der Waals surface area contributed by atoms with Crippen LogP contribution in [0.3, 0.4) is 0 Å². The molecule has 0 aliphatic heterocycles. The number of thiazole rings is 1. The molecule has 32 heavy (non-hydrogen) atoms. The van der Waals surface area contributed by atoms with E-state index in [4.69, 9.17) is 4.98 Å². The molecular weight excluding hydrogens is 438 g/mol. The lowest BCUT2D eigenvalue weighted by atomic mass is 9.91. The molecule has 0 saturated carbocycles. The summed E-state index contributed by atoms with van der Waals surface area (Å²) in [5.41, 5.74) is 4.97. The van der Waals surface area contributed by atoms with Crippen molar-refractivity contribution in [2.45, 2.75) is 38.4 Å². The van der Waals surface area contributed by atoms with Crippen LogP contribution in [0.15, 0.2) is 53.2 Å². The number of amides is 1. The zero-order chi connectivity index (χ0) is 21.9. The van der Waals surface area contributed by atoms with Gasteiger partial charge in [0.15, 0.2) is 5.69 Å². The van der Waals surface area contributed by atoms with Gasteiger partial charge >= 0.3 is 0 Å². The van der Waals surface area contributed by atoms with Crippen LogP contribution in [-0.4, -0.2) is 26.7 Å². The van der Waals surface area contributed by atoms with Crippen molar-refractivity contribution in [1.29, 1.82) is 0 Å². The number of hydrogen-bond acceptors (Lipinski definition) is 6. The van der Waals surface area contributed by atoms with Crippen molar-refractivity contribution in [2.75, 3.05) is 0 Å². The molecule has 6 nitrogen and oxygen atoms in total. The number of aromatic nitrogens is 3. The zero-order valence-electron chi connectivity index (χ0n) is 17.9. The summed E-state index contributed by atoms with van der Waals surface area (Å²) in [4.78, 5) is 18.8. The molecule has 1 aromatic carbocycles. The number of aryl methyl sites for hydroxylation is 1. The van der Waals surface area contributed by atoms with E-state index in [2.05, 4.69) is 33.2 Å². The lowest BCUT2D eigenvalue weighted by Crippen LogP contribution is -2.35. The molecule has 0 fully saturated rings. The molecule has 164 valence electrons. The molecule has 3 aromatic heterocycles. The molecule has 1 aliphatic carbocycles. The van der Waals surface area contributed by atoms with Crippen LogP contribution in [0.2, 0.25) is 0 Å². The summed E-state index contributed by atoms with van der Waals surface area (Å²) in [6, 6.07) is 14.6. The summed E-state index contributed by atoms with van der Waals surface area (Å²) in [6.07, 6.45) is 2.75. The number of thiophene rings is 1. The van der Waals surface area contributed by atoms with Crippen LogP contribution in [0.4, 0.5) is 0 Å². The van der Waals surface area contributed by atoms with Gasteiger partial charge in [-0.1, -0.05) is 36.4 Å². The average molecular weight is 464 g/mol. The highest BCUT2D eigenvalue weighted by Crippen LogP contribution is 2.26. The quantitative estimate of drug-likeness (QED) is 0.431. The number of rotatable bonds is 7. The van der Waals surface area contributed by atoms with Gasteiger partial charge in [0.05, 0.1) is 12.2 Å². The smallest absolute Gasteiger partial charge is 0.272 e. The maximum absolute atomic E-state index is 12.8. The van der Waals surface area contributed by atoms with Crippen LogP contribution in [0.25, 0.3) is 11.3 Å². The molecule has 1 unspecified atom stereocenters. The highest BCUT2D eigenvalue weighted by Gasteiger charge is 2.28. The van der Waals surface area contributed by atoms with E-state index in [1.54, 1.807) is 22.7 Å². The zero-order valence-corrected chi connectivity index (χ0v) is 19.5. The van der Waals surface area contributed by atoms with Gasteiger partial charge < -0.3 is 10.6 Å². The highest BCUT2D eigenvalue weighted by atomic mass is 32.1. The van der Waals surface area contributed by atoms with Crippen molar-refractivity contribution in [1.82, 2.24) is 25.4 Å². The van der Waals surface area contributed by atoms with Crippen LogP contribution in [-0.2, 0) is 33.0 Å². The van der Waals surface area contributed by atoms with Crippen LogP contribution in [0.1, 0.15) is 38.1 Å². The molecule has 1 amide bonds. The SMILES string of the molecule is Cn1nc(C(=O)NCc2cccs2)c2c1CCC(NCc1nc(-c3ccccc3)cs1)C2. The van der Waals surface area contributed by atoms with Crippen LogP contribution < -0.4 is 10.6 Å². The lowest BCUT2D eigenvalue weighted by molar-refractivity contribution is 0.0944. The van der Waals surface area contributed by atoms with Crippen LogP contribution in [0.5, 0.6) is 0 Å². The van der Waals surface area contributed by atoms with Gasteiger partial charge in [-0.25, -0.2) is 4.98 Å². The van der Waals surface area contributed by atoms with E-state index in [0.29, 0.717) is 18.3 Å². The van der Waals surface area contributed by atoms with Crippen molar-refractivity contribution in [2.24, 2.45) is 7.05 Å². The molecule has 0 radical (unpaired) electrons. The third kappa shape index (κ3) is 4.53. The van der Waals surface area contributed by atoms with Gasteiger partial charge in [0.25, 0.3) is 5.91 Å². The average Bonchev–Trinajstić information content (AvgIpc) is 3.57. The molecule has 0 bridgehead atoms. The Kier molecular flexibility index (Phi) is 6.16. The highest BCUT2D eigenvalue weighted by molar-refractivity contribution is 7.10. The minimum atomic E-state index is -0.0941. The maximum Gasteiger partial charge on any atom is 0.272 e. The third-order valence-electron chi connectivity index (χ3n) is 5.84. The van der Waals surface area contributed by atoms with E-state index in [0.717, 1.165) is 52.5 Å². The van der Waals surface area contributed by atoms with Crippen molar-refractivity contribution < 1.29 is 4.79 Å². The van der Waals surface area contributed by atoms with Crippen molar-refractivity contribution in [3.8, 4) is 11.3 Å². The minimum Gasteiger partial charge on any atom is -0.346 e. The summed E-state index contributed by atoms with van der Waals surface area (Å²) in [6.45, 7) is 1.27. The minimum absolute atomic E-state index is 0.0941. The standard InChI is InChI=1S/C24H25N5OS2/c1-29-21-10-9-17(25-14-22-27-20(15-32-22)16-6-3-2-4-7-16)12-19(21)23(28-29)24(30)26-13-18-8-5-11-31-18/h2-8,11,15,17,25H,9-10,12-14H2,1H3,(H,26,30). The number of carbonyl (C=O) groups excluding carboxylic acids is 1. The second kappa shape index (κ2) is 9.36. The maximum atomic E-state index is 12.8. The fourth-order valence-electron chi connectivity index (χ4n) is 4.18. The van der Waals surface area contributed by atoms with E-state index in [-0.39, 0.29) is 5.91 Å². The Morgan fingerprint density at radius 1 is 1.16 bits per heavy atom.